The highest BCUT2D eigenvalue weighted by Crippen LogP contribution is 2.08. The van der Waals surface area contributed by atoms with E-state index in [2.05, 4.69) is 17.3 Å². The van der Waals surface area contributed by atoms with Gasteiger partial charge in [0.2, 0.25) is 0 Å². The number of nitrogens with zero attached hydrogens (tertiary/aromatic N) is 1. The summed E-state index contributed by atoms with van der Waals surface area (Å²) in [4.78, 5) is 5.21. The molecule has 2 rings (SSSR count). The van der Waals surface area contributed by atoms with Crippen LogP contribution in [-0.4, -0.2) is 6.21 Å². The number of benzene rings is 2. The molecule has 0 aliphatic carbocycles. The molecular weight excluding hydrogens is 210 g/mol. The molecule has 0 atom stereocenters. The number of para-hydroxylation sites is 1. The summed E-state index contributed by atoms with van der Waals surface area (Å²) in [7, 11) is 0. The Hall–Kier alpha value is -2.09. The average Bonchev–Trinajstić information content (AvgIpc) is 2.41. The molecule has 0 heterocycles. The summed E-state index contributed by atoms with van der Waals surface area (Å²) in [5.41, 5.74) is 1.32. The lowest BCUT2D eigenvalue weighted by atomic mass is 10.1. The number of hydrogen-bond donors (Lipinski definition) is 0. The van der Waals surface area contributed by atoms with Gasteiger partial charge >= 0.3 is 0 Å². The minimum absolute atomic E-state index is 0.767. The number of hydrogen-bond acceptors (Lipinski definition) is 2. The van der Waals surface area contributed by atoms with Crippen LogP contribution in [-0.2, 0) is 6.42 Å². The molecule has 2 aromatic rings. The van der Waals surface area contributed by atoms with E-state index in [1.807, 2.05) is 48.5 Å². The standard InChI is InChI=1S/C15H15NO/c1-3-8-14(9-4-1)10-7-13-16-17-15-11-5-2-6-12-15/h1-6,8-9,11-13H,7,10H2/b16-13+. The van der Waals surface area contributed by atoms with Crippen LogP contribution in [0.1, 0.15) is 12.0 Å². The Kier molecular flexibility index (Phi) is 4.35. The zero-order valence-corrected chi connectivity index (χ0v) is 9.62. The highest BCUT2D eigenvalue weighted by atomic mass is 16.6. The van der Waals surface area contributed by atoms with Crippen molar-refractivity contribution in [3.05, 3.63) is 66.2 Å². The third-order valence-corrected chi connectivity index (χ3v) is 2.38. The van der Waals surface area contributed by atoms with Gasteiger partial charge in [0.15, 0.2) is 5.75 Å². The van der Waals surface area contributed by atoms with Gasteiger partial charge in [-0.05, 0) is 30.5 Å². The average molecular weight is 225 g/mol. The lowest BCUT2D eigenvalue weighted by Gasteiger charge is -1.97. The lowest BCUT2D eigenvalue weighted by Crippen LogP contribution is -1.88. The summed E-state index contributed by atoms with van der Waals surface area (Å²) in [5, 5.41) is 3.93. The second kappa shape index (κ2) is 6.48. The monoisotopic (exact) mass is 225 g/mol. The summed E-state index contributed by atoms with van der Waals surface area (Å²) in [6, 6.07) is 19.9. The zero-order valence-electron chi connectivity index (χ0n) is 9.62. The van der Waals surface area contributed by atoms with Gasteiger partial charge in [-0.3, -0.25) is 0 Å². The molecule has 0 saturated heterocycles. The minimum Gasteiger partial charge on any atom is -0.357 e. The van der Waals surface area contributed by atoms with Crippen LogP contribution < -0.4 is 4.84 Å². The molecular formula is C15H15NO. The second-order valence-electron chi connectivity index (χ2n) is 3.72. The molecule has 0 aromatic heterocycles. The van der Waals surface area contributed by atoms with Gasteiger partial charge in [0.1, 0.15) is 0 Å². The molecule has 17 heavy (non-hydrogen) atoms. The van der Waals surface area contributed by atoms with E-state index < -0.39 is 0 Å². The van der Waals surface area contributed by atoms with Gasteiger partial charge in [0.05, 0.1) is 0 Å². The molecule has 0 aliphatic heterocycles. The molecule has 2 nitrogen and oxygen atoms in total. The van der Waals surface area contributed by atoms with Crippen LogP contribution in [0, 0.1) is 0 Å². The van der Waals surface area contributed by atoms with E-state index in [1.165, 1.54) is 5.56 Å². The molecule has 0 unspecified atom stereocenters. The van der Waals surface area contributed by atoms with Gasteiger partial charge in [-0.25, -0.2) is 0 Å². The van der Waals surface area contributed by atoms with Crippen LogP contribution in [0.5, 0.6) is 5.75 Å². The summed E-state index contributed by atoms with van der Waals surface area (Å²) >= 11 is 0. The fourth-order valence-corrected chi connectivity index (χ4v) is 1.51. The van der Waals surface area contributed by atoms with Crippen molar-refractivity contribution >= 4 is 6.21 Å². The Balaban J connectivity index is 1.72. The quantitative estimate of drug-likeness (QED) is 0.562. The molecule has 0 amide bonds. The third kappa shape index (κ3) is 4.11. The maximum Gasteiger partial charge on any atom is 0.157 e. The highest BCUT2D eigenvalue weighted by molar-refractivity contribution is 5.57. The number of aryl methyl sites for hydroxylation is 1. The molecule has 0 aliphatic rings. The predicted octanol–water partition coefficient (Wildman–Crippen LogP) is 3.68. The van der Waals surface area contributed by atoms with Gasteiger partial charge in [-0.2, -0.15) is 0 Å². The normalized spacial score (nSPS) is 10.6. The van der Waals surface area contributed by atoms with E-state index in [0.29, 0.717) is 0 Å². The first-order chi connectivity index (χ1) is 8.45. The minimum atomic E-state index is 0.767. The number of oxime groups is 1. The molecule has 0 spiro atoms. The first-order valence-corrected chi connectivity index (χ1v) is 5.73. The fourth-order valence-electron chi connectivity index (χ4n) is 1.51. The summed E-state index contributed by atoms with van der Waals surface area (Å²) in [5.74, 6) is 0.767. The van der Waals surface area contributed by atoms with E-state index in [4.69, 9.17) is 4.84 Å². The van der Waals surface area contributed by atoms with E-state index in [0.717, 1.165) is 18.6 Å². The van der Waals surface area contributed by atoms with Crippen molar-refractivity contribution in [3.63, 3.8) is 0 Å². The smallest absolute Gasteiger partial charge is 0.157 e. The van der Waals surface area contributed by atoms with Crippen LogP contribution in [0.15, 0.2) is 65.8 Å². The molecule has 0 fully saturated rings. The first kappa shape index (κ1) is 11.4. The van der Waals surface area contributed by atoms with Crippen molar-refractivity contribution in [1.29, 1.82) is 0 Å². The van der Waals surface area contributed by atoms with Crippen molar-refractivity contribution in [2.75, 3.05) is 0 Å². The maximum atomic E-state index is 5.21. The number of rotatable bonds is 5. The van der Waals surface area contributed by atoms with Crippen LogP contribution in [0.2, 0.25) is 0 Å². The molecule has 2 heteroatoms. The van der Waals surface area contributed by atoms with Crippen LogP contribution in [0.4, 0.5) is 0 Å². The topological polar surface area (TPSA) is 21.6 Å². The van der Waals surface area contributed by atoms with Gasteiger partial charge in [-0.1, -0.05) is 53.7 Å². The SMILES string of the molecule is C(/CCc1ccccc1)=N\Oc1ccccc1. The summed E-state index contributed by atoms with van der Waals surface area (Å²) in [6.45, 7) is 0. The second-order valence-corrected chi connectivity index (χ2v) is 3.72. The van der Waals surface area contributed by atoms with Crippen LogP contribution >= 0.6 is 0 Å². The molecule has 0 N–H and O–H groups in total. The Morgan fingerprint density at radius 1 is 0.882 bits per heavy atom. The van der Waals surface area contributed by atoms with Gasteiger partial charge in [-0.15, -0.1) is 0 Å². The summed E-state index contributed by atoms with van der Waals surface area (Å²) < 4.78 is 0. The van der Waals surface area contributed by atoms with Crippen molar-refractivity contribution in [3.8, 4) is 5.75 Å². The fraction of sp³-hybridized carbons (Fsp3) is 0.133. The Morgan fingerprint density at radius 3 is 2.24 bits per heavy atom. The van der Waals surface area contributed by atoms with Gasteiger partial charge < -0.3 is 4.84 Å². The molecule has 86 valence electrons. The third-order valence-electron chi connectivity index (χ3n) is 2.38. The molecule has 0 radical (unpaired) electrons. The molecule has 0 saturated carbocycles. The summed E-state index contributed by atoms with van der Waals surface area (Å²) in [6.07, 6.45) is 3.68. The zero-order chi connectivity index (χ0) is 11.8. The maximum absolute atomic E-state index is 5.21. The molecule has 0 bridgehead atoms. The van der Waals surface area contributed by atoms with Crippen molar-refractivity contribution in [2.24, 2.45) is 5.16 Å². The van der Waals surface area contributed by atoms with Gasteiger partial charge in [0, 0.05) is 6.21 Å². The molecule has 2 aromatic carbocycles. The van der Waals surface area contributed by atoms with Crippen LogP contribution in [0.3, 0.4) is 0 Å². The Morgan fingerprint density at radius 2 is 1.53 bits per heavy atom. The van der Waals surface area contributed by atoms with Crippen molar-refractivity contribution < 1.29 is 4.84 Å². The van der Waals surface area contributed by atoms with E-state index in [1.54, 1.807) is 6.21 Å². The van der Waals surface area contributed by atoms with E-state index in [-0.39, 0.29) is 0 Å². The van der Waals surface area contributed by atoms with E-state index >= 15 is 0 Å². The van der Waals surface area contributed by atoms with Crippen LogP contribution in [0.25, 0.3) is 0 Å². The van der Waals surface area contributed by atoms with Gasteiger partial charge in [0.25, 0.3) is 0 Å². The predicted molar refractivity (Wildman–Crippen MR) is 70.3 cm³/mol. The largest absolute Gasteiger partial charge is 0.357 e. The van der Waals surface area contributed by atoms with E-state index in [9.17, 15) is 0 Å². The lowest BCUT2D eigenvalue weighted by molar-refractivity contribution is 0.342. The first-order valence-electron chi connectivity index (χ1n) is 5.73. The Labute approximate surface area is 102 Å². The van der Waals surface area contributed by atoms with Crippen molar-refractivity contribution in [2.45, 2.75) is 12.8 Å². The van der Waals surface area contributed by atoms with Crippen molar-refractivity contribution in [1.82, 2.24) is 0 Å². The highest BCUT2D eigenvalue weighted by Gasteiger charge is 1.90. The Bertz CT molecular complexity index is 451.